The van der Waals surface area contributed by atoms with Crippen molar-refractivity contribution in [2.24, 2.45) is 0 Å². The molecule has 0 radical (unpaired) electrons. The number of carbonyl (C=O) groups excluding carboxylic acids is 1. The minimum atomic E-state index is -0.307. The standard InChI is InChI=1S/C21H17ClN2O4/c1-3-4-18(25)28-15-9-10-17-16(11-15)20-19(12(2)27-17)21(26)24(23-20)14-7-5-13(22)6-8-14/h5-11H,3-4H2,1-2H3. The van der Waals surface area contributed by atoms with Crippen LogP contribution in [-0.4, -0.2) is 15.7 Å². The molecule has 6 nitrogen and oxygen atoms in total. The van der Waals surface area contributed by atoms with Crippen LogP contribution in [0.1, 0.15) is 25.5 Å². The summed E-state index contributed by atoms with van der Waals surface area (Å²) in [5, 5.41) is 5.69. The van der Waals surface area contributed by atoms with Gasteiger partial charge in [-0.15, -0.1) is 0 Å². The Balaban J connectivity index is 1.90. The maximum Gasteiger partial charge on any atom is 0.311 e. The predicted octanol–water partition coefficient (Wildman–Crippen LogP) is 4.75. The van der Waals surface area contributed by atoms with Gasteiger partial charge in [0.2, 0.25) is 0 Å². The normalized spacial score (nSPS) is 11.2. The molecule has 2 heterocycles. The molecule has 7 heteroatoms. The molecule has 0 spiro atoms. The van der Waals surface area contributed by atoms with E-state index in [1.165, 1.54) is 4.68 Å². The first kappa shape index (κ1) is 18.3. The molecule has 0 aromatic heterocycles. The molecule has 0 atom stereocenters. The summed E-state index contributed by atoms with van der Waals surface area (Å²) in [6.45, 7) is 3.64. The Bertz CT molecular complexity index is 1210. The SMILES string of the molecule is CCCC(=O)Oc1ccc2oc(C)c3c(=O)n(-c4ccc(Cl)cc4)nc-3c2c1. The predicted molar refractivity (Wildman–Crippen MR) is 107 cm³/mol. The number of rotatable bonds is 4. The number of aromatic nitrogens is 2. The Kier molecular flexibility index (Phi) is 4.65. The van der Waals surface area contributed by atoms with Gasteiger partial charge in [0.25, 0.3) is 5.56 Å². The van der Waals surface area contributed by atoms with Crippen molar-refractivity contribution < 1.29 is 13.9 Å². The van der Waals surface area contributed by atoms with E-state index in [-0.39, 0.29) is 11.5 Å². The van der Waals surface area contributed by atoms with E-state index in [0.717, 1.165) is 0 Å². The van der Waals surface area contributed by atoms with Gasteiger partial charge in [-0.2, -0.15) is 9.78 Å². The van der Waals surface area contributed by atoms with Crippen molar-refractivity contribution in [3.63, 3.8) is 0 Å². The van der Waals surface area contributed by atoms with Crippen LogP contribution >= 0.6 is 11.6 Å². The van der Waals surface area contributed by atoms with Crippen molar-refractivity contribution in [3.05, 3.63) is 63.6 Å². The minimum Gasteiger partial charge on any atom is -0.460 e. The highest BCUT2D eigenvalue weighted by Crippen LogP contribution is 2.33. The van der Waals surface area contributed by atoms with E-state index in [2.05, 4.69) is 5.10 Å². The van der Waals surface area contributed by atoms with Crippen molar-refractivity contribution in [1.82, 2.24) is 9.78 Å². The second-order valence-electron chi connectivity index (χ2n) is 6.46. The number of ether oxygens (including phenoxy) is 1. The highest BCUT2D eigenvalue weighted by atomic mass is 35.5. The van der Waals surface area contributed by atoms with E-state index >= 15 is 0 Å². The lowest BCUT2D eigenvalue weighted by molar-refractivity contribution is -0.134. The fraction of sp³-hybridized carbons (Fsp3) is 0.190. The van der Waals surface area contributed by atoms with Crippen molar-refractivity contribution in [2.45, 2.75) is 26.7 Å². The number of esters is 1. The zero-order chi connectivity index (χ0) is 19.8. The first-order valence-corrected chi connectivity index (χ1v) is 9.28. The van der Waals surface area contributed by atoms with Crippen LogP contribution in [0, 0.1) is 6.92 Å². The van der Waals surface area contributed by atoms with E-state index in [1.807, 2.05) is 6.92 Å². The van der Waals surface area contributed by atoms with Gasteiger partial charge >= 0.3 is 5.97 Å². The highest BCUT2D eigenvalue weighted by molar-refractivity contribution is 6.30. The maximum atomic E-state index is 12.9. The molecule has 2 aromatic carbocycles. The third-order valence-electron chi connectivity index (χ3n) is 4.42. The second-order valence-corrected chi connectivity index (χ2v) is 6.89. The van der Waals surface area contributed by atoms with Crippen molar-refractivity contribution in [1.29, 1.82) is 0 Å². The fourth-order valence-corrected chi connectivity index (χ4v) is 3.24. The van der Waals surface area contributed by atoms with Gasteiger partial charge < -0.3 is 9.15 Å². The summed E-state index contributed by atoms with van der Waals surface area (Å²) in [5.41, 5.74) is 1.75. The largest absolute Gasteiger partial charge is 0.460 e. The lowest BCUT2D eigenvalue weighted by Crippen LogP contribution is -2.14. The number of halogens is 1. The molecule has 2 aliphatic rings. The molecule has 142 valence electrons. The highest BCUT2D eigenvalue weighted by Gasteiger charge is 2.24. The Morgan fingerprint density at radius 1 is 1.21 bits per heavy atom. The van der Waals surface area contributed by atoms with Crippen LogP contribution in [0.2, 0.25) is 5.02 Å². The average Bonchev–Trinajstić information content (AvgIpc) is 3.01. The smallest absolute Gasteiger partial charge is 0.311 e. The van der Waals surface area contributed by atoms with E-state index in [4.69, 9.17) is 20.8 Å². The molecule has 28 heavy (non-hydrogen) atoms. The van der Waals surface area contributed by atoms with Gasteiger partial charge in [0.05, 0.1) is 5.69 Å². The Morgan fingerprint density at radius 2 is 1.96 bits per heavy atom. The summed E-state index contributed by atoms with van der Waals surface area (Å²) < 4.78 is 12.5. The van der Waals surface area contributed by atoms with Gasteiger partial charge in [0.15, 0.2) is 0 Å². The summed E-state index contributed by atoms with van der Waals surface area (Å²) in [4.78, 5) is 24.8. The average molecular weight is 397 g/mol. The molecule has 0 fully saturated rings. The van der Waals surface area contributed by atoms with Gasteiger partial charge in [-0.25, -0.2) is 0 Å². The molecule has 0 amide bonds. The summed E-state index contributed by atoms with van der Waals surface area (Å²) in [7, 11) is 0. The molecule has 2 aliphatic heterocycles. The third-order valence-corrected chi connectivity index (χ3v) is 4.67. The zero-order valence-electron chi connectivity index (χ0n) is 15.4. The molecule has 4 rings (SSSR count). The van der Waals surface area contributed by atoms with Crippen LogP contribution < -0.4 is 10.3 Å². The van der Waals surface area contributed by atoms with Gasteiger partial charge in [-0.1, -0.05) is 18.5 Å². The third kappa shape index (κ3) is 3.16. The number of nitrogens with zero attached hydrogens (tertiary/aromatic N) is 2. The molecule has 0 unspecified atom stereocenters. The Labute approximate surface area is 165 Å². The zero-order valence-corrected chi connectivity index (χ0v) is 16.1. The minimum absolute atomic E-state index is 0.283. The fourth-order valence-electron chi connectivity index (χ4n) is 3.11. The van der Waals surface area contributed by atoms with Crippen molar-refractivity contribution in [3.8, 4) is 22.7 Å². The number of benzene rings is 2. The summed E-state index contributed by atoms with van der Waals surface area (Å²) in [6, 6.07) is 11.9. The second kappa shape index (κ2) is 7.13. The van der Waals surface area contributed by atoms with Crippen LogP contribution in [-0.2, 0) is 4.79 Å². The molecule has 0 N–H and O–H groups in total. The number of hydrogen-bond acceptors (Lipinski definition) is 5. The molecule has 0 saturated carbocycles. The lowest BCUT2D eigenvalue weighted by Gasteiger charge is -2.08. The quantitative estimate of drug-likeness (QED) is 0.367. The Morgan fingerprint density at radius 3 is 2.68 bits per heavy atom. The lowest BCUT2D eigenvalue weighted by atomic mass is 10.1. The van der Waals surface area contributed by atoms with Crippen LogP contribution in [0.4, 0.5) is 0 Å². The van der Waals surface area contributed by atoms with E-state index in [9.17, 15) is 9.59 Å². The van der Waals surface area contributed by atoms with Gasteiger partial charge in [-0.05, 0) is 55.8 Å². The van der Waals surface area contributed by atoms with Crippen LogP contribution in [0.5, 0.6) is 5.75 Å². The first-order chi connectivity index (χ1) is 13.5. The number of carbonyl (C=O) groups is 1. The molecular formula is C21H17ClN2O4. The number of aryl methyl sites for hydroxylation is 1. The van der Waals surface area contributed by atoms with Crippen LogP contribution in [0.3, 0.4) is 0 Å². The van der Waals surface area contributed by atoms with Gasteiger partial charge in [0, 0.05) is 16.8 Å². The summed E-state index contributed by atoms with van der Waals surface area (Å²) >= 11 is 5.94. The van der Waals surface area contributed by atoms with Crippen LogP contribution in [0.15, 0.2) is 51.7 Å². The van der Waals surface area contributed by atoms with Gasteiger partial charge in [0.1, 0.15) is 28.4 Å². The Hall–Kier alpha value is -3.12. The van der Waals surface area contributed by atoms with Crippen molar-refractivity contribution in [2.75, 3.05) is 0 Å². The van der Waals surface area contributed by atoms with Crippen molar-refractivity contribution >= 4 is 28.5 Å². The van der Waals surface area contributed by atoms with E-state index in [0.29, 0.717) is 57.3 Å². The number of hydrogen-bond donors (Lipinski definition) is 0. The molecule has 0 bridgehead atoms. The first-order valence-electron chi connectivity index (χ1n) is 8.90. The van der Waals surface area contributed by atoms with E-state index in [1.54, 1.807) is 49.4 Å². The van der Waals surface area contributed by atoms with Crippen LogP contribution in [0.25, 0.3) is 27.9 Å². The topological polar surface area (TPSA) is 74.3 Å². The van der Waals surface area contributed by atoms with Gasteiger partial charge in [-0.3, -0.25) is 9.59 Å². The number of fused-ring (bicyclic) bond motifs is 3. The molecule has 0 aliphatic carbocycles. The van der Waals surface area contributed by atoms with E-state index < -0.39 is 0 Å². The molecular weight excluding hydrogens is 380 g/mol. The molecule has 2 aromatic rings. The monoisotopic (exact) mass is 396 g/mol. The maximum absolute atomic E-state index is 12.9. The molecule has 0 saturated heterocycles. The summed E-state index contributed by atoms with van der Waals surface area (Å²) in [6.07, 6.45) is 1.04. The summed E-state index contributed by atoms with van der Waals surface area (Å²) in [5.74, 6) is 0.557.